The van der Waals surface area contributed by atoms with Crippen LogP contribution in [-0.4, -0.2) is 14.8 Å². The van der Waals surface area contributed by atoms with Crippen molar-refractivity contribution in [2.75, 3.05) is 0 Å². The van der Waals surface area contributed by atoms with E-state index in [-0.39, 0.29) is 5.56 Å². The first kappa shape index (κ1) is 16.5. The maximum Gasteiger partial charge on any atom is 0.274 e. The molecule has 26 heavy (non-hydrogen) atoms. The second-order valence-corrected chi connectivity index (χ2v) is 6.47. The molecule has 4 rings (SSSR count). The van der Waals surface area contributed by atoms with E-state index in [4.69, 9.17) is 11.6 Å². The van der Waals surface area contributed by atoms with Gasteiger partial charge in [0.25, 0.3) is 5.56 Å². The molecule has 128 valence electrons. The molecular formula is C21H16ClN3O. The Morgan fingerprint density at radius 3 is 2.31 bits per heavy atom. The molecule has 0 spiro atoms. The van der Waals surface area contributed by atoms with Gasteiger partial charge in [0, 0.05) is 34.9 Å². The lowest BCUT2D eigenvalue weighted by molar-refractivity contribution is 0.587. The topological polar surface area (TPSA) is 47.8 Å². The first-order chi connectivity index (χ1) is 12.7. The molecule has 0 atom stereocenters. The van der Waals surface area contributed by atoms with Crippen LogP contribution in [0.25, 0.3) is 22.0 Å². The van der Waals surface area contributed by atoms with Gasteiger partial charge in [0.05, 0.1) is 11.1 Å². The fourth-order valence-electron chi connectivity index (χ4n) is 2.99. The zero-order valence-corrected chi connectivity index (χ0v) is 14.7. The molecule has 0 aliphatic carbocycles. The summed E-state index contributed by atoms with van der Waals surface area (Å²) in [5.74, 6) is 0. The van der Waals surface area contributed by atoms with Crippen molar-refractivity contribution < 1.29 is 0 Å². The molecule has 2 aromatic carbocycles. The number of halogens is 1. The van der Waals surface area contributed by atoms with Crippen LogP contribution in [0.15, 0.2) is 77.9 Å². The lowest BCUT2D eigenvalue weighted by Crippen LogP contribution is -2.24. The summed E-state index contributed by atoms with van der Waals surface area (Å²) in [5.41, 5.74) is 2.76. The van der Waals surface area contributed by atoms with Crippen molar-refractivity contribution in [2.24, 2.45) is 0 Å². The molecule has 2 heterocycles. The summed E-state index contributed by atoms with van der Waals surface area (Å²) in [5, 5.41) is 6.85. The highest BCUT2D eigenvalue weighted by molar-refractivity contribution is 6.30. The number of pyridine rings is 1. The summed E-state index contributed by atoms with van der Waals surface area (Å²) in [6.45, 7) is 0.508. The van der Waals surface area contributed by atoms with Gasteiger partial charge in [0.2, 0.25) is 0 Å². The van der Waals surface area contributed by atoms with Crippen molar-refractivity contribution in [3.8, 4) is 11.3 Å². The number of fused-ring (bicyclic) bond motifs is 1. The van der Waals surface area contributed by atoms with Crippen molar-refractivity contribution in [3.63, 3.8) is 0 Å². The van der Waals surface area contributed by atoms with Crippen LogP contribution in [0.4, 0.5) is 0 Å². The fraction of sp³-hybridized carbons (Fsp3) is 0.0952. The molecule has 2 aromatic heterocycles. The minimum atomic E-state index is -0.0765. The monoisotopic (exact) mass is 361 g/mol. The van der Waals surface area contributed by atoms with Gasteiger partial charge in [-0.2, -0.15) is 5.10 Å². The summed E-state index contributed by atoms with van der Waals surface area (Å²) in [4.78, 5) is 16.9. The van der Waals surface area contributed by atoms with Crippen LogP contribution < -0.4 is 5.56 Å². The van der Waals surface area contributed by atoms with Gasteiger partial charge in [-0.1, -0.05) is 41.9 Å². The highest BCUT2D eigenvalue weighted by Gasteiger charge is 2.12. The van der Waals surface area contributed by atoms with Crippen LogP contribution in [0.1, 0.15) is 5.56 Å². The van der Waals surface area contributed by atoms with Crippen molar-refractivity contribution >= 4 is 22.4 Å². The predicted molar refractivity (Wildman–Crippen MR) is 104 cm³/mol. The third kappa shape index (κ3) is 3.24. The first-order valence-corrected chi connectivity index (χ1v) is 8.75. The molecule has 5 heteroatoms. The van der Waals surface area contributed by atoms with Crippen LogP contribution in [-0.2, 0) is 13.0 Å². The van der Waals surface area contributed by atoms with Gasteiger partial charge in [0.15, 0.2) is 0 Å². The van der Waals surface area contributed by atoms with Crippen LogP contribution in [0.3, 0.4) is 0 Å². The van der Waals surface area contributed by atoms with Crippen LogP contribution in [0, 0.1) is 0 Å². The van der Waals surface area contributed by atoms with Crippen molar-refractivity contribution in [1.29, 1.82) is 0 Å². The minimum absolute atomic E-state index is 0.0765. The summed E-state index contributed by atoms with van der Waals surface area (Å²) >= 11 is 6.01. The average molecular weight is 362 g/mol. The number of hydrogen-bond donors (Lipinski definition) is 0. The van der Waals surface area contributed by atoms with Gasteiger partial charge in [0.1, 0.15) is 0 Å². The van der Waals surface area contributed by atoms with Crippen molar-refractivity contribution in [2.45, 2.75) is 13.0 Å². The number of nitrogens with zero attached hydrogens (tertiary/aromatic N) is 3. The van der Waals surface area contributed by atoms with Gasteiger partial charge in [-0.15, -0.1) is 0 Å². The minimum Gasteiger partial charge on any atom is -0.267 e. The number of rotatable bonds is 4. The van der Waals surface area contributed by atoms with Gasteiger partial charge in [-0.25, -0.2) is 4.68 Å². The largest absolute Gasteiger partial charge is 0.274 e. The average Bonchev–Trinajstić information content (AvgIpc) is 2.69. The van der Waals surface area contributed by atoms with Crippen LogP contribution >= 0.6 is 11.6 Å². The Morgan fingerprint density at radius 1 is 0.885 bits per heavy atom. The zero-order valence-electron chi connectivity index (χ0n) is 14.0. The Morgan fingerprint density at radius 2 is 1.58 bits per heavy atom. The summed E-state index contributed by atoms with van der Waals surface area (Å²) < 4.78 is 1.55. The summed E-state index contributed by atoms with van der Waals surface area (Å²) in [6.07, 6.45) is 4.23. The second kappa shape index (κ2) is 7.10. The molecule has 0 aliphatic rings. The summed E-state index contributed by atoms with van der Waals surface area (Å²) in [7, 11) is 0. The Bertz CT molecular complexity index is 1110. The standard InChI is InChI=1S/C21H16ClN3O/c22-17-7-5-16(6-8-17)20-18-3-1-2-4-19(18)21(26)25(24-20)14-11-15-9-12-23-13-10-15/h1-10,12-13H,11,14H2. The normalized spacial score (nSPS) is 11.0. The molecule has 0 radical (unpaired) electrons. The van der Waals surface area contributed by atoms with E-state index in [1.807, 2.05) is 60.7 Å². The Hall–Kier alpha value is -2.98. The molecule has 4 aromatic rings. The van der Waals surface area contributed by atoms with Gasteiger partial charge >= 0.3 is 0 Å². The molecule has 0 saturated carbocycles. The number of benzene rings is 2. The highest BCUT2D eigenvalue weighted by atomic mass is 35.5. The van der Waals surface area contributed by atoms with Gasteiger partial charge < -0.3 is 0 Å². The van der Waals surface area contributed by atoms with E-state index in [1.165, 1.54) is 0 Å². The van der Waals surface area contributed by atoms with Gasteiger partial charge in [-0.3, -0.25) is 9.78 Å². The Balaban J connectivity index is 1.82. The van der Waals surface area contributed by atoms with E-state index in [0.717, 1.165) is 22.2 Å². The molecule has 0 unspecified atom stereocenters. The number of aromatic nitrogens is 3. The van der Waals surface area contributed by atoms with Crippen molar-refractivity contribution in [3.05, 3.63) is 94.0 Å². The smallest absolute Gasteiger partial charge is 0.267 e. The summed E-state index contributed by atoms with van der Waals surface area (Å²) in [6, 6.07) is 19.0. The maximum atomic E-state index is 12.9. The fourth-order valence-corrected chi connectivity index (χ4v) is 3.12. The molecule has 0 bridgehead atoms. The van der Waals surface area contributed by atoms with Gasteiger partial charge in [-0.05, 0) is 42.3 Å². The molecule has 4 nitrogen and oxygen atoms in total. The number of aryl methyl sites for hydroxylation is 2. The third-order valence-electron chi connectivity index (χ3n) is 4.35. The van der Waals surface area contributed by atoms with Crippen LogP contribution in [0.2, 0.25) is 5.02 Å². The quantitative estimate of drug-likeness (QED) is 0.542. The highest BCUT2D eigenvalue weighted by Crippen LogP contribution is 2.25. The van der Waals surface area contributed by atoms with Crippen molar-refractivity contribution in [1.82, 2.24) is 14.8 Å². The molecule has 0 amide bonds. The Kier molecular flexibility index (Phi) is 4.50. The van der Waals surface area contributed by atoms with E-state index in [2.05, 4.69) is 10.1 Å². The maximum absolute atomic E-state index is 12.9. The molecule has 0 fully saturated rings. The lowest BCUT2D eigenvalue weighted by atomic mass is 10.1. The first-order valence-electron chi connectivity index (χ1n) is 8.37. The zero-order chi connectivity index (χ0) is 17.9. The third-order valence-corrected chi connectivity index (χ3v) is 4.60. The van der Waals surface area contributed by atoms with E-state index >= 15 is 0 Å². The Labute approximate surface area is 155 Å². The van der Waals surface area contributed by atoms with E-state index in [1.54, 1.807) is 17.1 Å². The molecular weight excluding hydrogens is 346 g/mol. The molecule has 0 aliphatic heterocycles. The van der Waals surface area contributed by atoms with E-state index in [9.17, 15) is 4.79 Å². The molecule has 0 N–H and O–H groups in total. The van der Waals surface area contributed by atoms with E-state index in [0.29, 0.717) is 23.4 Å². The second-order valence-electron chi connectivity index (χ2n) is 6.03. The molecule has 0 saturated heterocycles. The van der Waals surface area contributed by atoms with Crippen LogP contribution in [0.5, 0.6) is 0 Å². The SMILES string of the molecule is O=c1c2ccccc2c(-c2ccc(Cl)cc2)nn1CCc1ccncc1. The number of hydrogen-bond acceptors (Lipinski definition) is 3. The predicted octanol–water partition coefficient (Wildman–Crippen LogP) is 4.35. The lowest BCUT2D eigenvalue weighted by Gasteiger charge is -2.11. The van der Waals surface area contributed by atoms with E-state index < -0.39 is 0 Å².